The van der Waals surface area contributed by atoms with Crippen molar-refractivity contribution in [2.75, 3.05) is 25.1 Å². The summed E-state index contributed by atoms with van der Waals surface area (Å²) in [6.07, 6.45) is 3.33. The predicted molar refractivity (Wildman–Crippen MR) is 101 cm³/mol. The average molecular weight is 352 g/mol. The number of para-hydroxylation sites is 1. The van der Waals surface area contributed by atoms with Crippen LogP contribution in [0, 0.1) is 5.92 Å². The third-order valence-electron chi connectivity index (χ3n) is 4.26. The van der Waals surface area contributed by atoms with Crippen molar-refractivity contribution < 1.29 is 14.3 Å². The molecule has 2 N–H and O–H groups in total. The standard InChI is InChI=1S/C21H24N2O3/c24-20(17-7-2-1-3-8-17)23-19-10-5-4-9-18(19)21(25)22-13-6-14-26-15-16-11-12-16/h1-5,7-10,16H,6,11-15H2,(H,22,25)(H,23,24). The number of rotatable bonds is 9. The Morgan fingerprint density at radius 3 is 2.46 bits per heavy atom. The number of hydrogen-bond acceptors (Lipinski definition) is 3. The molecule has 5 heteroatoms. The van der Waals surface area contributed by atoms with Crippen LogP contribution in [0.4, 0.5) is 5.69 Å². The molecule has 1 fully saturated rings. The minimum Gasteiger partial charge on any atom is -0.381 e. The van der Waals surface area contributed by atoms with E-state index >= 15 is 0 Å². The topological polar surface area (TPSA) is 67.4 Å². The summed E-state index contributed by atoms with van der Waals surface area (Å²) < 4.78 is 5.56. The van der Waals surface area contributed by atoms with Crippen LogP contribution in [0.3, 0.4) is 0 Å². The molecule has 2 aromatic carbocycles. The lowest BCUT2D eigenvalue weighted by molar-refractivity contribution is 0.0938. The second-order valence-electron chi connectivity index (χ2n) is 6.49. The molecule has 1 saturated carbocycles. The van der Waals surface area contributed by atoms with Crippen molar-refractivity contribution in [3.63, 3.8) is 0 Å². The van der Waals surface area contributed by atoms with Crippen molar-refractivity contribution in [3.8, 4) is 0 Å². The molecule has 0 unspecified atom stereocenters. The van der Waals surface area contributed by atoms with E-state index in [9.17, 15) is 9.59 Å². The summed E-state index contributed by atoms with van der Waals surface area (Å²) in [4.78, 5) is 24.8. The van der Waals surface area contributed by atoms with Gasteiger partial charge in [-0.05, 0) is 49.4 Å². The zero-order valence-corrected chi connectivity index (χ0v) is 14.7. The van der Waals surface area contributed by atoms with E-state index in [0.29, 0.717) is 30.0 Å². The first-order valence-corrected chi connectivity index (χ1v) is 9.05. The van der Waals surface area contributed by atoms with Crippen LogP contribution < -0.4 is 10.6 Å². The fraction of sp³-hybridized carbons (Fsp3) is 0.333. The first-order chi connectivity index (χ1) is 12.7. The summed E-state index contributed by atoms with van der Waals surface area (Å²) in [6.45, 7) is 2.04. The lowest BCUT2D eigenvalue weighted by Crippen LogP contribution is -2.27. The molecule has 2 amide bonds. The highest BCUT2D eigenvalue weighted by atomic mass is 16.5. The Kier molecular flexibility index (Phi) is 6.39. The van der Waals surface area contributed by atoms with E-state index in [1.165, 1.54) is 12.8 Å². The summed E-state index contributed by atoms with van der Waals surface area (Å²) in [5, 5.41) is 5.70. The SMILES string of the molecule is O=C(Nc1ccccc1C(=O)NCCCOCC1CC1)c1ccccc1. The number of carbonyl (C=O) groups excluding carboxylic acids is 2. The zero-order valence-electron chi connectivity index (χ0n) is 14.7. The molecule has 136 valence electrons. The quantitative estimate of drug-likeness (QED) is 0.679. The average Bonchev–Trinajstić information content (AvgIpc) is 3.50. The Bertz CT molecular complexity index is 742. The van der Waals surface area contributed by atoms with Gasteiger partial charge < -0.3 is 15.4 Å². The Morgan fingerprint density at radius 2 is 1.69 bits per heavy atom. The van der Waals surface area contributed by atoms with Crippen LogP contribution in [0.1, 0.15) is 40.0 Å². The molecule has 0 radical (unpaired) electrons. The molecule has 0 aromatic heterocycles. The highest BCUT2D eigenvalue weighted by Gasteiger charge is 2.20. The molecule has 5 nitrogen and oxygen atoms in total. The van der Waals surface area contributed by atoms with Crippen LogP contribution in [0.25, 0.3) is 0 Å². The molecule has 0 saturated heterocycles. The largest absolute Gasteiger partial charge is 0.381 e. The first kappa shape index (κ1) is 18.1. The van der Waals surface area contributed by atoms with Gasteiger partial charge in [-0.1, -0.05) is 30.3 Å². The van der Waals surface area contributed by atoms with E-state index in [1.807, 2.05) is 6.07 Å². The molecule has 3 rings (SSSR count). The lowest BCUT2D eigenvalue weighted by atomic mass is 10.1. The molecular weight excluding hydrogens is 328 g/mol. The van der Waals surface area contributed by atoms with Gasteiger partial charge in [0, 0.05) is 25.3 Å². The number of carbonyl (C=O) groups is 2. The van der Waals surface area contributed by atoms with Crippen molar-refractivity contribution in [2.24, 2.45) is 5.92 Å². The Labute approximate surface area is 153 Å². The molecular formula is C21H24N2O3. The van der Waals surface area contributed by atoms with Crippen LogP contribution in [0.5, 0.6) is 0 Å². The monoisotopic (exact) mass is 352 g/mol. The van der Waals surface area contributed by atoms with Gasteiger partial charge >= 0.3 is 0 Å². The summed E-state index contributed by atoms with van der Waals surface area (Å²) in [6, 6.07) is 16.0. The van der Waals surface area contributed by atoms with Crippen molar-refractivity contribution in [2.45, 2.75) is 19.3 Å². The first-order valence-electron chi connectivity index (χ1n) is 9.05. The molecule has 0 atom stereocenters. The Balaban J connectivity index is 1.50. The van der Waals surface area contributed by atoms with Crippen molar-refractivity contribution in [3.05, 3.63) is 65.7 Å². The highest BCUT2D eigenvalue weighted by Crippen LogP contribution is 2.28. The normalized spacial score (nSPS) is 13.2. The maximum Gasteiger partial charge on any atom is 0.255 e. The summed E-state index contributed by atoms with van der Waals surface area (Å²) in [7, 11) is 0. The number of anilines is 1. The van der Waals surface area contributed by atoms with Gasteiger partial charge in [0.2, 0.25) is 0 Å². The molecule has 1 aliphatic carbocycles. The van der Waals surface area contributed by atoms with Gasteiger partial charge in [-0.25, -0.2) is 0 Å². The second-order valence-corrected chi connectivity index (χ2v) is 6.49. The van der Waals surface area contributed by atoms with E-state index in [2.05, 4.69) is 10.6 Å². The predicted octanol–water partition coefficient (Wildman–Crippen LogP) is 3.49. The molecule has 0 bridgehead atoms. The molecule has 0 heterocycles. The van der Waals surface area contributed by atoms with Crippen LogP contribution in [0.2, 0.25) is 0 Å². The number of amides is 2. The molecule has 0 aliphatic heterocycles. The second kappa shape index (κ2) is 9.15. The number of nitrogens with one attached hydrogen (secondary N) is 2. The number of ether oxygens (including phenoxy) is 1. The molecule has 26 heavy (non-hydrogen) atoms. The number of hydrogen-bond donors (Lipinski definition) is 2. The van der Waals surface area contributed by atoms with E-state index in [-0.39, 0.29) is 11.8 Å². The summed E-state index contributed by atoms with van der Waals surface area (Å²) >= 11 is 0. The minimum atomic E-state index is -0.237. The van der Waals surface area contributed by atoms with Gasteiger partial charge in [0.1, 0.15) is 0 Å². The summed E-state index contributed by atoms with van der Waals surface area (Å²) in [5.41, 5.74) is 1.51. The van der Waals surface area contributed by atoms with Gasteiger partial charge in [0.25, 0.3) is 11.8 Å². The van der Waals surface area contributed by atoms with Crippen LogP contribution >= 0.6 is 0 Å². The van der Waals surface area contributed by atoms with E-state index in [0.717, 1.165) is 18.9 Å². The van der Waals surface area contributed by atoms with Crippen molar-refractivity contribution in [1.82, 2.24) is 5.32 Å². The fourth-order valence-electron chi connectivity index (χ4n) is 2.58. The van der Waals surface area contributed by atoms with Crippen LogP contribution in [-0.4, -0.2) is 31.6 Å². The van der Waals surface area contributed by atoms with Gasteiger partial charge in [-0.3, -0.25) is 9.59 Å². The minimum absolute atomic E-state index is 0.198. The fourth-order valence-corrected chi connectivity index (χ4v) is 2.58. The van der Waals surface area contributed by atoms with Gasteiger partial charge in [0.15, 0.2) is 0 Å². The van der Waals surface area contributed by atoms with Crippen LogP contribution in [0.15, 0.2) is 54.6 Å². The van der Waals surface area contributed by atoms with Crippen LogP contribution in [-0.2, 0) is 4.74 Å². The molecule has 2 aromatic rings. The van der Waals surface area contributed by atoms with E-state index < -0.39 is 0 Å². The maximum atomic E-state index is 12.4. The van der Waals surface area contributed by atoms with E-state index in [1.54, 1.807) is 48.5 Å². The molecule has 0 spiro atoms. The Hall–Kier alpha value is -2.66. The maximum absolute atomic E-state index is 12.4. The zero-order chi connectivity index (χ0) is 18.2. The van der Waals surface area contributed by atoms with Crippen molar-refractivity contribution in [1.29, 1.82) is 0 Å². The third-order valence-corrected chi connectivity index (χ3v) is 4.26. The van der Waals surface area contributed by atoms with E-state index in [4.69, 9.17) is 4.74 Å². The van der Waals surface area contributed by atoms with Crippen molar-refractivity contribution >= 4 is 17.5 Å². The third kappa shape index (κ3) is 5.43. The summed E-state index contributed by atoms with van der Waals surface area (Å²) in [5.74, 6) is 0.320. The van der Waals surface area contributed by atoms with Gasteiger partial charge in [-0.15, -0.1) is 0 Å². The number of benzene rings is 2. The lowest BCUT2D eigenvalue weighted by Gasteiger charge is -2.11. The Morgan fingerprint density at radius 1 is 0.962 bits per heavy atom. The van der Waals surface area contributed by atoms with Gasteiger partial charge in [-0.2, -0.15) is 0 Å². The van der Waals surface area contributed by atoms with Gasteiger partial charge in [0.05, 0.1) is 11.3 Å². The smallest absolute Gasteiger partial charge is 0.255 e. The highest BCUT2D eigenvalue weighted by molar-refractivity contribution is 6.08. The molecule has 1 aliphatic rings.